The summed E-state index contributed by atoms with van der Waals surface area (Å²) in [6.45, 7) is 4.44. The Bertz CT molecular complexity index is 526. The van der Waals surface area contributed by atoms with Crippen molar-refractivity contribution in [1.82, 2.24) is 15.4 Å². The maximum absolute atomic E-state index is 12.3. The first-order valence-electron chi connectivity index (χ1n) is 7.88. The van der Waals surface area contributed by atoms with Crippen LogP contribution in [-0.4, -0.2) is 42.5 Å². The van der Waals surface area contributed by atoms with Gasteiger partial charge in [-0.05, 0) is 12.8 Å². The van der Waals surface area contributed by atoms with Crippen LogP contribution in [0.3, 0.4) is 0 Å². The molecule has 0 spiro atoms. The third-order valence-electron chi connectivity index (χ3n) is 2.93. The Labute approximate surface area is 141 Å². The van der Waals surface area contributed by atoms with E-state index in [-0.39, 0.29) is 24.8 Å². The molecule has 0 bridgehead atoms. The molecule has 1 N–H and O–H groups in total. The number of anilines is 1. The van der Waals surface area contributed by atoms with Crippen molar-refractivity contribution in [2.24, 2.45) is 0 Å². The highest BCUT2D eigenvalue weighted by molar-refractivity contribution is 5.91. The second-order valence-electron chi connectivity index (χ2n) is 4.82. The minimum absolute atomic E-state index is 0.117. The smallest absolute Gasteiger partial charge is 0.433 e. The van der Waals surface area contributed by atoms with Crippen molar-refractivity contribution in [1.29, 1.82) is 0 Å². The average molecular weight is 340 g/mol. The van der Waals surface area contributed by atoms with Gasteiger partial charge in [0.05, 0.1) is 26.5 Å². The number of nitrogens with one attached hydrogen (secondary N) is 1. The van der Waals surface area contributed by atoms with E-state index in [1.54, 1.807) is 0 Å². The second-order valence-corrected chi connectivity index (χ2v) is 4.82. The molecule has 1 heterocycles. The molecule has 0 saturated heterocycles. The lowest BCUT2D eigenvalue weighted by Gasteiger charge is -2.22. The van der Waals surface area contributed by atoms with Gasteiger partial charge in [0.15, 0.2) is 5.69 Å². The van der Waals surface area contributed by atoms with Crippen molar-refractivity contribution >= 4 is 17.9 Å². The largest absolute Gasteiger partial charge is 0.479 e. The first-order chi connectivity index (χ1) is 11.6. The molecule has 0 unspecified atom stereocenters. The van der Waals surface area contributed by atoms with Crippen LogP contribution in [0.1, 0.15) is 39.5 Å². The van der Waals surface area contributed by atoms with Gasteiger partial charge in [0, 0.05) is 0 Å². The normalized spacial score (nSPS) is 9.96. The molecule has 1 rings (SSSR count). The fourth-order valence-electron chi connectivity index (χ4n) is 1.63. The van der Waals surface area contributed by atoms with Crippen molar-refractivity contribution in [3.05, 3.63) is 12.5 Å². The van der Waals surface area contributed by atoms with Gasteiger partial charge in [0.2, 0.25) is 5.88 Å². The monoisotopic (exact) mass is 340 g/mol. The van der Waals surface area contributed by atoms with Gasteiger partial charge in [-0.3, -0.25) is 0 Å². The number of ether oxygens (including phenoxy) is 3. The molecular formula is C15H24N4O5. The maximum Gasteiger partial charge on any atom is 0.433 e. The zero-order valence-electron chi connectivity index (χ0n) is 14.3. The molecule has 1 aromatic rings. The number of carbonyl (C=O) groups excluding carboxylic acids is 2. The summed E-state index contributed by atoms with van der Waals surface area (Å²) < 4.78 is 15.2. The van der Waals surface area contributed by atoms with Crippen molar-refractivity contribution in [3.63, 3.8) is 0 Å². The molecule has 0 atom stereocenters. The molecule has 0 aliphatic carbocycles. The van der Waals surface area contributed by atoms with E-state index in [1.165, 1.54) is 19.6 Å². The summed E-state index contributed by atoms with van der Waals surface area (Å²) in [4.78, 5) is 31.9. The third kappa shape index (κ3) is 6.27. The number of nitrogens with zero attached hydrogens (tertiary/aromatic N) is 3. The van der Waals surface area contributed by atoms with Gasteiger partial charge < -0.3 is 14.2 Å². The standard InChI is InChI=1S/C15H24N4O5/c1-4-6-8-23-14(20)18-19(15(21)24-9-7-5-2)12-10-16-11-17-13(12)22-3/h10-11H,4-9H2,1-3H3,(H,18,20). The third-order valence-corrected chi connectivity index (χ3v) is 2.93. The van der Waals surface area contributed by atoms with Crippen molar-refractivity contribution in [3.8, 4) is 5.88 Å². The number of hydrazine groups is 1. The lowest BCUT2D eigenvalue weighted by Crippen LogP contribution is -2.47. The fourth-order valence-corrected chi connectivity index (χ4v) is 1.63. The van der Waals surface area contributed by atoms with Crippen LogP contribution in [0.4, 0.5) is 15.3 Å². The molecule has 9 heteroatoms. The van der Waals surface area contributed by atoms with Crippen LogP contribution in [-0.2, 0) is 9.47 Å². The molecule has 0 aliphatic rings. The summed E-state index contributed by atoms with van der Waals surface area (Å²) in [6, 6.07) is 0. The molecule has 0 saturated carbocycles. The van der Waals surface area contributed by atoms with Gasteiger partial charge in [-0.25, -0.2) is 20.0 Å². The van der Waals surface area contributed by atoms with Gasteiger partial charge in [-0.2, -0.15) is 9.99 Å². The molecule has 0 aliphatic heterocycles. The Balaban J connectivity index is 2.86. The van der Waals surface area contributed by atoms with E-state index in [9.17, 15) is 9.59 Å². The summed E-state index contributed by atoms with van der Waals surface area (Å²) in [5.74, 6) is 0.117. The predicted octanol–water partition coefficient (Wildman–Crippen LogP) is 2.67. The zero-order chi connectivity index (χ0) is 17.8. The van der Waals surface area contributed by atoms with E-state index >= 15 is 0 Å². The highest BCUT2D eigenvalue weighted by Gasteiger charge is 2.25. The van der Waals surface area contributed by atoms with Crippen molar-refractivity contribution < 1.29 is 23.8 Å². The van der Waals surface area contributed by atoms with Crippen LogP contribution in [0, 0.1) is 0 Å². The summed E-state index contributed by atoms with van der Waals surface area (Å²) in [5, 5.41) is 0.878. The lowest BCUT2D eigenvalue weighted by molar-refractivity contribution is 0.131. The van der Waals surface area contributed by atoms with Crippen molar-refractivity contribution in [2.75, 3.05) is 25.3 Å². The number of amides is 2. The zero-order valence-corrected chi connectivity index (χ0v) is 14.3. The molecule has 0 fully saturated rings. The summed E-state index contributed by atoms with van der Waals surface area (Å²) in [6.07, 6.45) is 4.25. The second kappa shape index (κ2) is 11.0. The predicted molar refractivity (Wildman–Crippen MR) is 86.7 cm³/mol. The van der Waals surface area contributed by atoms with E-state index in [0.29, 0.717) is 6.42 Å². The van der Waals surface area contributed by atoms with E-state index < -0.39 is 12.2 Å². The van der Waals surface area contributed by atoms with Crippen LogP contribution in [0.5, 0.6) is 5.88 Å². The Morgan fingerprint density at radius 3 is 2.46 bits per heavy atom. The van der Waals surface area contributed by atoms with Gasteiger partial charge in [-0.15, -0.1) is 0 Å². The van der Waals surface area contributed by atoms with Crippen LogP contribution in [0.25, 0.3) is 0 Å². The Morgan fingerprint density at radius 1 is 1.17 bits per heavy atom. The quantitative estimate of drug-likeness (QED) is 0.573. The Kier molecular flexibility index (Phi) is 8.95. The SMILES string of the molecule is CCCCOC(=O)NN(C(=O)OCCCC)c1cncnc1OC. The topological polar surface area (TPSA) is 103 Å². The fraction of sp³-hybridized carbons (Fsp3) is 0.600. The molecule has 2 amide bonds. The average Bonchev–Trinajstić information content (AvgIpc) is 2.60. The van der Waals surface area contributed by atoms with E-state index in [1.807, 2.05) is 13.8 Å². The number of hydrogen-bond donors (Lipinski definition) is 1. The molecular weight excluding hydrogens is 316 g/mol. The van der Waals surface area contributed by atoms with Gasteiger partial charge in [0.25, 0.3) is 0 Å². The molecule has 9 nitrogen and oxygen atoms in total. The number of carbonyl (C=O) groups is 2. The van der Waals surface area contributed by atoms with E-state index in [0.717, 1.165) is 24.3 Å². The summed E-state index contributed by atoms with van der Waals surface area (Å²) >= 11 is 0. The molecule has 1 aromatic heterocycles. The van der Waals surface area contributed by atoms with Crippen LogP contribution in [0.15, 0.2) is 12.5 Å². The molecule has 134 valence electrons. The van der Waals surface area contributed by atoms with Gasteiger partial charge >= 0.3 is 12.2 Å². The van der Waals surface area contributed by atoms with Crippen LogP contribution < -0.4 is 15.2 Å². The van der Waals surface area contributed by atoms with Crippen LogP contribution in [0.2, 0.25) is 0 Å². The lowest BCUT2D eigenvalue weighted by atomic mass is 10.4. The minimum atomic E-state index is -0.776. The van der Waals surface area contributed by atoms with E-state index in [2.05, 4.69) is 15.4 Å². The maximum atomic E-state index is 12.3. The first kappa shape index (κ1) is 19.5. The van der Waals surface area contributed by atoms with Gasteiger partial charge in [-0.1, -0.05) is 26.7 Å². The first-order valence-corrected chi connectivity index (χ1v) is 7.88. The van der Waals surface area contributed by atoms with Crippen LogP contribution >= 0.6 is 0 Å². The molecule has 0 aromatic carbocycles. The highest BCUT2D eigenvalue weighted by atomic mass is 16.6. The molecule has 24 heavy (non-hydrogen) atoms. The van der Waals surface area contributed by atoms with E-state index in [4.69, 9.17) is 14.2 Å². The summed E-state index contributed by atoms with van der Waals surface area (Å²) in [7, 11) is 1.39. The molecule has 0 radical (unpaired) electrons. The Morgan fingerprint density at radius 2 is 1.83 bits per heavy atom. The van der Waals surface area contributed by atoms with Crippen molar-refractivity contribution in [2.45, 2.75) is 39.5 Å². The number of rotatable bonds is 8. The number of methoxy groups -OCH3 is 1. The Hall–Kier alpha value is -2.58. The number of hydrogen-bond acceptors (Lipinski definition) is 7. The van der Waals surface area contributed by atoms with Gasteiger partial charge in [0.1, 0.15) is 6.33 Å². The number of aromatic nitrogens is 2. The number of unbranched alkanes of at least 4 members (excludes halogenated alkanes) is 2. The highest BCUT2D eigenvalue weighted by Crippen LogP contribution is 2.23. The minimum Gasteiger partial charge on any atom is -0.479 e. The summed E-state index contributed by atoms with van der Waals surface area (Å²) in [5.41, 5.74) is 2.48.